The Bertz CT molecular complexity index is 1390. The number of aryl methyl sites for hydroxylation is 1. The van der Waals surface area contributed by atoms with Crippen LogP contribution >= 0.6 is 0 Å². The molecule has 4 aromatic heterocycles. The van der Waals surface area contributed by atoms with Crippen LogP contribution in [-0.2, 0) is 18.2 Å². The number of carboxylic acid groups (broad SMARTS) is 1. The molecule has 0 aliphatic carbocycles. The molecule has 1 unspecified atom stereocenters. The minimum Gasteiger partial charge on any atom is -0.463 e. The molecule has 1 fully saturated rings. The Hall–Kier alpha value is -3.73. The molecule has 4 aromatic rings. The standard InChI is InChI=1S/C24H30N8O3/c1-15-14-35-9-8-30(15)21-11-20(18-6-7-25-29(18)5)31-22(27-21)17(13-26-31)19-10-16(12-24(2,3)4)28-32(19)23(33)34/h6-7,10-11,13,15H,8-9,12,14H2,1-5H3,(H,33,34). The van der Waals surface area contributed by atoms with Gasteiger partial charge in [0.2, 0.25) is 0 Å². The van der Waals surface area contributed by atoms with Gasteiger partial charge in [-0.3, -0.25) is 4.68 Å². The van der Waals surface area contributed by atoms with Crippen molar-refractivity contribution in [2.24, 2.45) is 12.5 Å². The Kier molecular flexibility index (Phi) is 5.59. The van der Waals surface area contributed by atoms with Crippen molar-refractivity contribution in [1.29, 1.82) is 0 Å². The van der Waals surface area contributed by atoms with E-state index in [-0.39, 0.29) is 11.5 Å². The largest absolute Gasteiger partial charge is 0.463 e. The molecule has 0 amide bonds. The Morgan fingerprint density at radius 1 is 1.20 bits per heavy atom. The zero-order valence-electron chi connectivity index (χ0n) is 20.6. The predicted molar refractivity (Wildman–Crippen MR) is 131 cm³/mol. The van der Waals surface area contributed by atoms with Crippen LogP contribution in [0.1, 0.15) is 33.4 Å². The highest BCUT2D eigenvalue weighted by Gasteiger charge is 2.26. The van der Waals surface area contributed by atoms with E-state index in [9.17, 15) is 9.90 Å². The number of rotatable bonds is 4. The monoisotopic (exact) mass is 478 g/mol. The lowest BCUT2D eigenvalue weighted by atomic mass is 9.90. The molecule has 1 aliphatic rings. The first-order valence-electron chi connectivity index (χ1n) is 11.7. The summed E-state index contributed by atoms with van der Waals surface area (Å²) < 4.78 is 10.2. The van der Waals surface area contributed by atoms with Gasteiger partial charge < -0.3 is 14.7 Å². The molecular formula is C24H30N8O3. The van der Waals surface area contributed by atoms with Crippen LogP contribution in [0, 0.1) is 5.41 Å². The number of carbonyl (C=O) groups is 1. The van der Waals surface area contributed by atoms with Crippen LogP contribution < -0.4 is 4.90 Å². The first-order chi connectivity index (χ1) is 16.6. The van der Waals surface area contributed by atoms with E-state index < -0.39 is 6.09 Å². The average molecular weight is 479 g/mol. The van der Waals surface area contributed by atoms with Crippen LogP contribution in [0.15, 0.2) is 30.6 Å². The number of fused-ring (bicyclic) bond motifs is 1. The fourth-order valence-electron chi connectivity index (χ4n) is 4.55. The molecule has 1 N–H and O–H groups in total. The molecule has 0 spiro atoms. The van der Waals surface area contributed by atoms with E-state index in [0.717, 1.165) is 21.9 Å². The summed E-state index contributed by atoms with van der Waals surface area (Å²) in [5.74, 6) is 0.780. The Morgan fingerprint density at radius 3 is 2.66 bits per heavy atom. The van der Waals surface area contributed by atoms with Gasteiger partial charge in [0, 0.05) is 25.9 Å². The molecule has 0 bridgehead atoms. The van der Waals surface area contributed by atoms with Crippen molar-refractivity contribution in [1.82, 2.24) is 34.2 Å². The number of anilines is 1. The highest BCUT2D eigenvalue weighted by Crippen LogP contribution is 2.32. The van der Waals surface area contributed by atoms with E-state index in [0.29, 0.717) is 48.8 Å². The third-order valence-electron chi connectivity index (χ3n) is 6.13. The molecule has 1 aliphatic heterocycles. The summed E-state index contributed by atoms with van der Waals surface area (Å²) in [6.07, 6.45) is 2.89. The van der Waals surface area contributed by atoms with Crippen molar-refractivity contribution in [2.75, 3.05) is 24.7 Å². The molecule has 5 rings (SSSR count). The van der Waals surface area contributed by atoms with Crippen LogP contribution in [-0.4, -0.2) is 71.2 Å². The summed E-state index contributed by atoms with van der Waals surface area (Å²) in [4.78, 5) is 19.3. The van der Waals surface area contributed by atoms with Gasteiger partial charge in [-0.1, -0.05) is 20.8 Å². The summed E-state index contributed by atoms with van der Waals surface area (Å²) in [7, 11) is 1.88. The van der Waals surface area contributed by atoms with Crippen molar-refractivity contribution in [3.63, 3.8) is 0 Å². The first-order valence-corrected chi connectivity index (χ1v) is 11.7. The fraction of sp³-hybridized carbons (Fsp3) is 0.458. The van der Waals surface area contributed by atoms with Gasteiger partial charge in [-0.15, -0.1) is 0 Å². The third kappa shape index (κ3) is 4.27. The normalized spacial score (nSPS) is 16.8. The van der Waals surface area contributed by atoms with Gasteiger partial charge in [0.1, 0.15) is 5.82 Å². The maximum Gasteiger partial charge on any atom is 0.432 e. The number of nitrogens with zero attached hydrogens (tertiary/aromatic N) is 8. The van der Waals surface area contributed by atoms with Crippen LogP contribution in [0.4, 0.5) is 10.6 Å². The molecular weight excluding hydrogens is 448 g/mol. The van der Waals surface area contributed by atoms with Gasteiger partial charge in [0.25, 0.3) is 0 Å². The molecule has 11 heteroatoms. The predicted octanol–water partition coefficient (Wildman–Crippen LogP) is 3.33. The summed E-state index contributed by atoms with van der Waals surface area (Å²) >= 11 is 0. The minimum atomic E-state index is -1.15. The quantitative estimate of drug-likeness (QED) is 0.475. The van der Waals surface area contributed by atoms with E-state index >= 15 is 0 Å². The Morgan fingerprint density at radius 2 is 2.00 bits per heavy atom. The maximum absolute atomic E-state index is 12.1. The summed E-state index contributed by atoms with van der Waals surface area (Å²) in [6.45, 7) is 10.3. The van der Waals surface area contributed by atoms with Crippen molar-refractivity contribution in [2.45, 2.75) is 40.2 Å². The lowest BCUT2D eigenvalue weighted by Crippen LogP contribution is -2.44. The molecule has 0 radical (unpaired) electrons. The second-order valence-electron chi connectivity index (χ2n) is 10.2. The Balaban J connectivity index is 1.73. The summed E-state index contributed by atoms with van der Waals surface area (Å²) in [6, 6.07) is 5.90. The van der Waals surface area contributed by atoms with Crippen molar-refractivity contribution in [3.8, 4) is 22.6 Å². The van der Waals surface area contributed by atoms with Gasteiger partial charge >= 0.3 is 6.09 Å². The lowest BCUT2D eigenvalue weighted by molar-refractivity contribution is 0.0985. The van der Waals surface area contributed by atoms with Gasteiger partial charge in [0.15, 0.2) is 5.65 Å². The highest BCUT2D eigenvalue weighted by atomic mass is 16.5. The second kappa shape index (κ2) is 8.49. The molecule has 35 heavy (non-hydrogen) atoms. The second-order valence-corrected chi connectivity index (χ2v) is 10.2. The van der Waals surface area contributed by atoms with Gasteiger partial charge in [-0.25, -0.2) is 14.3 Å². The van der Waals surface area contributed by atoms with E-state index in [1.165, 1.54) is 0 Å². The smallest absolute Gasteiger partial charge is 0.432 e. The molecule has 1 atom stereocenters. The van der Waals surface area contributed by atoms with Crippen molar-refractivity contribution in [3.05, 3.63) is 36.3 Å². The summed E-state index contributed by atoms with van der Waals surface area (Å²) in [5.41, 5.74) is 3.95. The highest BCUT2D eigenvalue weighted by molar-refractivity contribution is 5.83. The molecule has 1 saturated heterocycles. The van der Waals surface area contributed by atoms with Crippen LogP contribution in [0.25, 0.3) is 28.3 Å². The van der Waals surface area contributed by atoms with Crippen LogP contribution in [0.2, 0.25) is 0 Å². The third-order valence-corrected chi connectivity index (χ3v) is 6.13. The fourth-order valence-corrected chi connectivity index (χ4v) is 4.55. The average Bonchev–Trinajstić information content (AvgIpc) is 3.50. The molecule has 184 valence electrons. The zero-order valence-corrected chi connectivity index (χ0v) is 20.6. The topological polar surface area (TPSA) is 116 Å². The number of hydrogen-bond donors (Lipinski definition) is 1. The van der Waals surface area contributed by atoms with E-state index in [2.05, 4.69) is 47.9 Å². The molecule has 11 nitrogen and oxygen atoms in total. The number of ether oxygens (including phenoxy) is 1. The zero-order chi connectivity index (χ0) is 24.9. The van der Waals surface area contributed by atoms with E-state index in [1.807, 2.05) is 25.2 Å². The van der Waals surface area contributed by atoms with E-state index in [1.54, 1.807) is 21.6 Å². The molecule has 5 heterocycles. The summed E-state index contributed by atoms with van der Waals surface area (Å²) in [5, 5.41) is 23.2. The van der Waals surface area contributed by atoms with Crippen LogP contribution in [0.5, 0.6) is 0 Å². The Labute approximate surface area is 202 Å². The number of morpholine rings is 1. The lowest BCUT2D eigenvalue weighted by Gasteiger charge is -2.34. The van der Waals surface area contributed by atoms with Crippen molar-refractivity contribution < 1.29 is 14.6 Å². The van der Waals surface area contributed by atoms with Crippen molar-refractivity contribution >= 4 is 17.6 Å². The van der Waals surface area contributed by atoms with E-state index in [4.69, 9.17) is 9.72 Å². The first kappa shape index (κ1) is 23.0. The van der Waals surface area contributed by atoms with Gasteiger partial charge in [-0.2, -0.15) is 20.0 Å². The SMILES string of the molecule is CC1COCCN1c1cc(-c2ccnn2C)n2ncc(-c3cc(CC(C)(C)C)nn3C(=O)O)c2n1. The number of hydrogen-bond acceptors (Lipinski definition) is 7. The number of aromatic nitrogens is 7. The maximum atomic E-state index is 12.1. The van der Waals surface area contributed by atoms with Gasteiger partial charge in [-0.05, 0) is 30.9 Å². The molecule has 0 aromatic carbocycles. The molecule has 0 saturated carbocycles. The van der Waals surface area contributed by atoms with Crippen LogP contribution in [0.3, 0.4) is 0 Å². The van der Waals surface area contributed by atoms with Gasteiger partial charge in [0.05, 0.1) is 53.8 Å². The minimum absolute atomic E-state index is 0.0410.